The number of rotatable bonds is 7. The van der Waals surface area contributed by atoms with Crippen LogP contribution in [-0.2, 0) is 0 Å². The predicted octanol–water partition coefficient (Wildman–Crippen LogP) is 3.06. The second-order valence-electron chi connectivity index (χ2n) is 6.38. The van der Waals surface area contributed by atoms with E-state index in [0.717, 1.165) is 12.8 Å². The van der Waals surface area contributed by atoms with E-state index >= 15 is 0 Å². The van der Waals surface area contributed by atoms with Crippen LogP contribution in [0.25, 0.3) is 11.0 Å². The number of benzene rings is 1. The van der Waals surface area contributed by atoms with Crippen molar-refractivity contribution in [2.45, 2.75) is 51.0 Å². The molecule has 2 aromatic rings. The molecule has 1 heterocycles. The van der Waals surface area contributed by atoms with Crippen molar-refractivity contribution in [1.29, 1.82) is 0 Å². The summed E-state index contributed by atoms with van der Waals surface area (Å²) in [6.45, 7) is 0.443. The molecular formula is C16H23N5O4. The zero-order chi connectivity index (χ0) is 17.6. The zero-order valence-electron chi connectivity index (χ0n) is 14.0. The Morgan fingerprint density at radius 3 is 2.60 bits per heavy atom. The molecule has 1 aromatic heterocycles. The third-order valence-electron chi connectivity index (χ3n) is 4.56. The Hall–Kier alpha value is -2.42. The number of hydrogen-bond donors (Lipinski definition) is 3. The summed E-state index contributed by atoms with van der Waals surface area (Å²) in [5, 5.41) is 34.5. The number of anilines is 2. The predicted molar refractivity (Wildman–Crippen MR) is 93.8 cm³/mol. The highest BCUT2D eigenvalue weighted by Crippen LogP contribution is 2.37. The maximum atomic E-state index is 11.5. The first kappa shape index (κ1) is 17.4. The Bertz CT molecular complexity index is 725. The highest BCUT2D eigenvalue weighted by molar-refractivity contribution is 5.99. The molecule has 0 saturated heterocycles. The SMILES string of the molecule is O=[N+]([O-])c1c(NCCCO)cc(NC2CCCCCC2)c2nonc12. The molecule has 1 fully saturated rings. The number of nitrogens with one attached hydrogen (secondary N) is 2. The van der Waals surface area contributed by atoms with E-state index in [0.29, 0.717) is 35.9 Å². The summed E-state index contributed by atoms with van der Waals surface area (Å²) in [5.41, 5.74) is 1.41. The lowest BCUT2D eigenvalue weighted by molar-refractivity contribution is -0.382. The number of aliphatic hydroxyl groups excluding tert-OH is 1. The fraction of sp³-hybridized carbons (Fsp3) is 0.625. The Morgan fingerprint density at radius 2 is 1.92 bits per heavy atom. The molecule has 0 spiro atoms. The van der Waals surface area contributed by atoms with Crippen LogP contribution in [0.15, 0.2) is 10.7 Å². The van der Waals surface area contributed by atoms with Gasteiger partial charge in [-0.15, -0.1) is 0 Å². The van der Waals surface area contributed by atoms with Crippen LogP contribution in [0.1, 0.15) is 44.9 Å². The number of nitro groups is 1. The molecule has 136 valence electrons. The number of nitrogens with zero attached hydrogens (tertiary/aromatic N) is 3. The summed E-state index contributed by atoms with van der Waals surface area (Å²) >= 11 is 0. The van der Waals surface area contributed by atoms with Gasteiger partial charge in [-0.05, 0) is 35.6 Å². The monoisotopic (exact) mass is 349 g/mol. The van der Waals surface area contributed by atoms with E-state index < -0.39 is 4.92 Å². The number of fused-ring (bicyclic) bond motifs is 1. The van der Waals surface area contributed by atoms with Crippen LogP contribution in [0.4, 0.5) is 17.1 Å². The standard InChI is InChI=1S/C16H23N5O4/c22-9-5-8-17-13-10-12(18-11-6-3-1-2-4-7-11)14-15(20-25-19-14)16(13)21(23)24/h10-11,17-18,22H,1-9H2. The van der Waals surface area contributed by atoms with Gasteiger partial charge in [-0.3, -0.25) is 10.1 Å². The molecule has 0 radical (unpaired) electrons. The van der Waals surface area contributed by atoms with Crippen molar-refractivity contribution < 1.29 is 14.7 Å². The van der Waals surface area contributed by atoms with Crippen molar-refractivity contribution in [3.63, 3.8) is 0 Å². The van der Waals surface area contributed by atoms with Crippen LogP contribution >= 0.6 is 0 Å². The molecule has 0 atom stereocenters. The molecule has 1 aliphatic carbocycles. The Balaban J connectivity index is 1.95. The smallest absolute Gasteiger partial charge is 0.323 e. The van der Waals surface area contributed by atoms with E-state index in [-0.39, 0.29) is 17.8 Å². The third-order valence-corrected chi connectivity index (χ3v) is 4.56. The molecule has 0 bridgehead atoms. The van der Waals surface area contributed by atoms with E-state index in [1.54, 1.807) is 6.07 Å². The second kappa shape index (κ2) is 8.11. The second-order valence-corrected chi connectivity index (χ2v) is 6.38. The lowest BCUT2D eigenvalue weighted by atomic mass is 10.1. The van der Waals surface area contributed by atoms with E-state index in [4.69, 9.17) is 9.74 Å². The Labute approximate surface area is 144 Å². The van der Waals surface area contributed by atoms with Crippen LogP contribution in [0.5, 0.6) is 0 Å². The first-order valence-electron chi connectivity index (χ1n) is 8.75. The molecule has 3 rings (SSSR count). The summed E-state index contributed by atoms with van der Waals surface area (Å²) in [5.74, 6) is 0. The maximum Gasteiger partial charge on any atom is 0.323 e. The molecule has 1 aromatic carbocycles. The van der Waals surface area contributed by atoms with E-state index in [9.17, 15) is 10.1 Å². The quantitative estimate of drug-likeness (QED) is 0.301. The summed E-state index contributed by atoms with van der Waals surface area (Å²) in [7, 11) is 0. The Morgan fingerprint density at radius 1 is 1.20 bits per heavy atom. The van der Waals surface area contributed by atoms with E-state index in [1.165, 1.54) is 25.7 Å². The molecule has 1 saturated carbocycles. The molecule has 9 nitrogen and oxygen atoms in total. The van der Waals surface area contributed by atoms with Gasteiger partial charge < -0.3 is 15.7 Å². The van der Waals surface area contributed by atoms with E-state index in [1.807, 2.05) is 0 Å². The van der Waals surface area contributed by atoms with Crippen molar-refractivity contribution in [2.75, 3.05) is 23.8 Å². The van der Waals surface area contributed by atoms with Crippen LogP contribution < -0.4 is 10.6 Å². The minimum absolute atomic E-state index is 0.0156. The van der Waals surface area contributed by atoms with Gasteiger partial charge in [0.1, 0.15) is 5.69 Å². The highest BCUT2D eigenvalue weighted by Gasteiger charge is 2.26. The van der Waals surface area contributed by atoms with Gasteiger partial charge in [0.15, 0.2) is 5.52 Å². The van der Waals surface area contributed by atoms with Gasteiger partial charge in [-0.2, -0.15) is 0 Å². The van der Waals surface area contributed by atoms with Crippen LogP contribution in [0.2, 0.25) is 0 Å². The van der Waals surface area contributed by atoms with Gasteiger partial charge in [0.25, 0.3) is 0 Å². The molecule has 25 heavy (non-hydrogen) atoms. The summed E-state index contributed by atoms with van der Waals surface area (Å²) < 4.78 is 4.78. The van der Waals surface area contributed by atoms with Crippen LogP contribution in [0, 0.1) is 10.1 Å². The van der Waals surface area contributed by atoms with Gasteiger partial charge in [-0.25, -0.2) is 4.63 Å². The van der Waals surface area contributed by atoms with Gasteiger partial charge in [0.05, 0.1) is 10.6 Å². The van der Waals surface area contributed by atoms with E-state index in [2.05, 4.69) is 20.9 Å². The average Bonchev–Trinajstić information content (AvgIpc) is 2.93. The van der Waals surface area contributed by atoms with Crippen LogP contribution in [-0.4, -0.2) is 39.5 Å². The average molecular weight is 349 g/mol. The largest absolute Gasteiger partial charge is 0.396 e. The summed E-state index contributed by atoms with van der Waals surface area (Å²) in [6.07, 6.45) is 7.46. The van der Waals surface area contributed by atoms with Gasteiger partial charge in [0.2, 0.25) is 5.52 Å². The number of nitro benzene ring substituents is 1. The maximum absolute atomic E-state index is 11.5. The molecular weight excluding hydrogens is 326 g/mol. The lowest BCUT2D eigenvalue weighted by Crippen LogP contribution is -2.19. The van der Waals surface area contributed by atoms with Gasteiger partial charge >= 0.3 is 5.69 Å². The summed E-state index contributed by atoms with van der Waals surface area (Å²) in [6, 6.07) is 2.02. The molecule has 9 heteroatoms. The molecule has 0 amide bonds. The first-order valence-corrected chi connectivity index (χ1v) is 8.75. The number of aliphatic hydroxyl groups is 1. The lowest BCUT2D eigenvalue weighted by Gasteiger charge is -2.18. The van der Waals surface area contributed by atoms with Gasteiger partial charge in [-0.1, -0.05) is 25.7 Å². The van der Waals surface area contributed by atoms with Crippen molar-refractivity contribution in [1.82, 2.24) is 10.3 Å². The molecule has 0 unspecified atom stereocenters. The van der Waals surface area contributed by atoms with Crippen molar-refractivity contribution in [2.24, 2.45) is 0 Å². The number of aromatic nitrogens is 2. The topological polar surface area (TPSA) is 126 Å². The zero-order valence-corrected chi connectivity index (χ0v) is 14.0. The minimum atomic E-state index is -0.483. The van der Waals surface area contributed by atoms with Crippen molar-refractivity contribution >= 4 is 28.1 Å². The van der Waals surface area contributed by atoms with Crippen molar-refractivity contribution in [3.8, 4) is 0 Å². The fourth-order valence-electron chi connectivity index (χ4n) is 3.30. The molecule has 1 aliphatic rings. The highest BCUT2D eigenvalue weighted by atomic mass is 16.6. The molecule has 3 N–H and O–H groups in total. The van der Waals surface area contributed by atoms with Gasteiger partial charge in [0, 0.05) is 19.2 Å². The van der Waals surface area contributed by atoms with Crippen LogP contribution in [0.3, 0.4) is 0 Å². The minimum Gasteiger partial charge on any atom is -0.396 e. The molecule has 0 aliphatic heterocycles. The number of hydrogen-bond acceptors (Lipinski definition) is 8. The summed E-state index contributed by atoms with van der Waals surface area (Å²) in [4.78, 5) is 11.0. The van der Waals surface area contributed by atoms with Crippen molar-refractivity contribution in [3.05, 3.63) is 16.2 Å². The Kier molecular flexibility index (Phi) is 5.64. The fourth-order valence-corrected chi connectivity index (χ4v) is 3.30. The first-order chi connectivity index (χ1) is 12.2. The third kappa shape index (κ3) is 3.98. The normalized spacial score (nSPS) is 15.9.